The molecule has 22 heavy (non-hydrogen) atoms. The number of carbonyl (C=O) groups excluding carboxylic acids is 1. The summed E-state index contributed by atoms with van der Waals surface area (Å²) in [4.78, 5) is 23.3. The van der Waals surface area contributed by atoms with Crippen molar-refractivity contribution in [3.63, 3.8) is 0 Å². The van der Waals surface area contributed by atoms with Crippen LogP contribution in [0.15, 0.2) is 18.2 Å². The van der Waals surface area contributed by atoms with Gasteiger partial charge in [0.25, 0.3) is 5.91 Å². The molecule has 8 heteroatoms. The Balaban J connectivity index is 2.22. The second-order valence-electron chi connectivity index (χ2n) is 5.43. The first-order valence-corrected chi connectivity index (χ1v) is 6.67. The van der Waals surface area contributed by atoms with Gasteiger partial charge in [-0.3, -0.25) is 9.59 Å². The molecule has 2 aromatic rings. The van der Waals surface area contributed by atoms with Crippen molar-refractivity contribution in [2.24, 2.45) is 7.05 Å². The number of rotatable bonds is 6. The maximum absolute atomic E-state index is 12.4. The number of aryl methyl sites for hydroxylation is 1. The van der Waals surface area contributed by atoms with Crippen LogP contribution < -0.4 is 5.32 Å². The van der Waals surface area contributed by atoms with E-state index in [-0.39, 0.29) is 18.9 Å². The number of methoxy groups -OCH3 is 1. The first-order chi connectivity index (χ1) is 10.3. The summed E-state index contributed by atoms with van der Waals surface area (Å²) < 4.78 is 6.62. The number of ether oxygens (including phenoxy) is 1. The highest BCUT2D eigenvalue weighted by molar-refractivity contribution is 5.97. The molecule has 1 aromatic heterocycles. The number of carboxylic acid groups (broad SMARTS) is 1. The van der Waals surface area contributed by atoms with Crippen LogP contribution in [0.5, 0.6) is 0 Å². The topological polar surface area (TPSA) is 106 Å². The molecule has 0 saturated carbocycles. The van der Waals surface area contributed by atoms with Gasteiger partial charge in [-0.25, -0.2) is 4.68 Å². The van der Waals surface area contributed by atoms with Gasteiger partial charge in [0, 0.05) is 19.7 Å². The number of aliphatic carboxylic acids is 1. The molecule has 8 nitrogen and oxygen atoms in total. The van der Waals surface area contributed by atoms with Crippen LogP contribution in [-0.2, 0) is 16.6 Å². The van der Waals surface area contributed by atoms with Crippen molar-refractivity contribution in [1.82, 2.24) is 20.3 Å². The lowest BCUT2D eigenvalue weighted by Crippen LogP contribution is -2.50. The fraction of sp³-hybridized carbons (Fsp3) is 0.429. The average molecular weight is 306 g/mol. The van der Waals surface area contributed by atoms with Crippen LogP contribution in [0, 0.1) is 0 Å². The SMILES string of the molecule is COCC(C)(CC(=O)O)NC(=O)c1ccc2c(c1)nnn2C. The van der Waals surface area contributed by atoms with Gasteiger partial charge in [-0.05, 0) is 25.1 Å². The van der Waals surface area contributed by atoms with Gasteiger partial charge in [-0.1, -0.05) is 5.21 Å². The summed E-state index contributed by atoms with van der Waals surface area (Å²) in [6.07, 6.45) is -0.236. The third-order valence-electron chi connectivity index (χ3n) is 3.29. The summed E-state index contributed by atoms with van der Waals surface area (Å²) >= 11 is 0. The highest BCUT2D eigenvalue weighted by Crippen LogP contribution is 2.15. The predicted molar refractivity (Wildman–Crippen MR) is 78.5 cm³/mol. The van der Waals surface area contributed by atoms with Gasteiger partial charge >= 0.3 is 5.97 Å². The first kappa shape index (κ1) is 15.9. The monoisotopic (exact) mass is 306 g/mol. The highest BCUT2D eigenvalue weighted by atomic mass is 16.5. The van der Waals surface area contributed by atoms with Gasteiger partial charge in [0.05, 0.1) is 24.1 Å². The number of fused-ring (bicyclic) bond motifs is 1. The molecule has 0 radical (unpaired) electrons. The van der Waals surface area contributed by atoms with E-state index in [2.05, 4.69) is 15.6 Å². The van der Waals surface area contributed by atoms with Crippen LogP contribution in [0.2, 0.25) is 0 Å². The second-order valence-corrected chi connectivity index (χ2v) is 5.43. The zero-order valence-electron chi connectivity index (χ0n) is 12.7. The molecule has 1 amide bonds. The molecular weight excluding hydrogens is 288 g/mol. The molecule has 0 saturated heterocycles. The summed E-state index contributed by atoms with van der Waals surface area (Å²) in [6, 6.07) is 5.01. The van der Waals surface area contributed by atoms with Crippen LogP contribution in [0.1, 0.15) is 23.7 Å². The van der Waals surface area contributed by atoms with Crippen molar-refractivity contribution in [2.45, 2.75) is 18.9 Å². The molecule has 1 unspecified atom stereocenters. The Hall–Kier alpha value is -2.48. The number of carboxylic acids is 1. The van der Waals surface area contributed by atoms with E-state index in [1.807, 2.05) is 0 Å². The van der Waals surface area contributed by atoms with Gasteiger partial charge in [0.15, 0.2) is 0 Å². The Morgan fingerprint density at radius 2 is 2.18 bits per heavy atom. The molecule has 1 atom stereocenters. The van der Waals surface area contributed by atoms with Gasteiger partial charge in [0.1, 0.15) is 5.52 Å². The molecule has 2 N–H and O–H groups in total. The summed E-state index contributed by atoms with van der Waals surface area (Å²) in [6.45, 7) is 1.72. The van der Waals surface area contributed by atoms with Crippen molar-refractivity contribution >= 4 is 22.9 Å². The number of benzene rings is 1. The lowest BCUT2D eigenvalue weighted by atomic mass is 9.98. The van der Waals surface area contributed by atoms with Gasteiger partial charge in [-0.15, -0.1) is 5.10 Å². The first-order valence-electron chi connectivity index (χ1n) is 6.67. The van der Waals surface area contributed by atoms with Gasteiger partial charge < -0.3 is 15.2 Å². The van der Waals surface area contributed by atoms with Gasteiger partial charge in [-0.2, -0.15) is 0 Å². The number of aromatic nitrogens is 3. The maximum atomic E-state index is 12.4. The van der Waals surface area contributed by atoms with Crippen LogP contribution in [0.4, 0.5) is 0 Å². The van der Waals surface area contributed by atoms with Crippen molar-refractivity contribution in [1.29, 1.82) is 0 Å². The van der Waals surface area contributed by atoms with E-state index in [0.717, 1.165) is 5.52 Å². The third-order valence-corrected chi connectivity index (χ3v) is 3.29. The molecular formula is C14H18N4O4. The predicted octanol–water partition coefficient (Wildman–Crippen LogP) is 0.578. The summed E-state index contributed by atoms with van der Waals surface area (Å²) in [7, 11) is 3.22. The molecule has 0 aliphatic carbocycles. The van der Waals surface area contributed by atoms with E-state index in [0.29, 0.717) is 11.1 Å². The molecule has 0 aliphatic rings. The standard InChI is InChI=1S/C14H18N4O4/c1-14(8-22-3,7-12(19)20)15-13(21)9-4-5-11-10(6-9)16-17-18(11)2/h4-6H,7-8H2,1-3H3,(H,15,21)(H,19,20). The van der Waals surface area contributed by atoms with Crippen LogP contribution in [0.25, 0.3) is 11.0 Å². The zero-order chi connectivity index (χ0) is 16.3. The highest BCUT2D eigenvalue weighted by Gasteiger charge is 2.30. The summed E-state index contributed by atoms with van der Waals surface area (Å²) in [5.41, 5.74) is 0.805. The molecule has 2 rings (SSSR count). The summed E-state index contributed by atoms with van der Waals surface area (Å²) in [5.74, 6) is -1.39. The van der Waals surface area contributed by atoms with Crippen LogP contribution >= 0.6 is 0 Å². The van der Waals surface area contributed by atoms with Gasteiger partial charge in [0.2, 0.25) is 0 Å². The Labute approximate surface area is 127 Å². The molecule has 1 heterocycles. The second kappa shape index (κ2) is 6.10. The molecule has 0 bridgehead atoms. The number of carbonyl (C=O) groups is 2. The Morgan fingerprint density at radius 3 is 2.82 bits per heavy atom. The van der Waals surface area contributed by atoms with E-state index >= 15 is 0 Å². The van der Waals surface area contributed by atoms with E-state index in [4.69, 9.17) is 9.84 Å². The fourth-order valence-electron chi connectivity index (χ4n) is 2.31. The minimum atomic E-state index is -1.01. The van der Waals surface area contributed by atoms with E-state index in [9.17, 15) is 9.59 Å². The third kappa shape index (κ3) is 3.40. The number of hydrogen-bond acceptors (Lipinski definition) is 5. The largest absolute Gasteiger partial charge is 0.481 e. The Bertz CT molecular complexity index is 712. The zero-order valence-corrected chi connectivity index (χ0v) is 12.7. The Morgan fingerprint density at radius 1 is 1.45 bits per heavy atom. The minimum absolute atomic E-state index is 0.0957. The smallest absolute Gasteiger partial charge is 0.305 e. The molecule has 0 spiro atoms. The van der Waals surface area contributed by atoms with Crippen LogP contribution in [-0.4, -0.2) is 51.2 Å². The number of nitrogens with one attached hydrogen (secondary N) is 1. The molecule has 0 aliphatic heterocycles. The summed E-state index contributed by atoms with van der Waals surface area (Å²) in [5, 5.41) is 19.5. The number of nitrogens with zero attached hydrogens (tertiary/aromatic N) is 3. The van der Waals surface area contributed by atoms with Crippen LogP contribution in [0.3, 0.4) is 0 Å². The number of amides is 1. The Kier molecular flexibility index (Phi) is 4.41. The van der Waals surface area contributed by atoms with Crippen molar-refractivity contribution in [3.05, 3.63) is 23.8 Å². The van der Waals surface area contributed by atoms with E-state index < -0.39 is 11.5 Å². The van der Waals surface area contributed by atoms with Crippen molar-refractivity contribution in [2.75, 3.05) is 13.7 Å². The normalized spacial score (nSPS) is 13.8. The van der Waals surface area contributed by atoms with Crippen molar-refractivity contribution < 1.29 is 19.4 Å². The molecule has 118 valence electrons. The molecule has 0 fully saturated rings. The lowest BCUT2D eigenvalue weighted by Gasteiger charge is -2.28. The fourth-order valence-corrected chi connectivity index (χ4v) is 2.31. The van der Waals surface area contributed by atoms with Crippen molar-refractivity contribution in [3.8, 4) is 0 Å². The molecule has 1 aromatic carbocycles. The minimum Gasteiger partial charge on any atom is -0.481 e. The maximum Gasteiger partial charge on any atom is 0.305 e. The van der Waals surface area contributed by atoms with E-state index in [1.165, 1.54) is 7.11 Å². The number of hydrogen-bond donors (Lipinski definition) is 2. The lowest BCUT2D eigenvalue weighted by molar-refractivity contribution is -0.139. The quantitative estimate of drug-likeness (QED) is 0.808. The average Bonchev–Trinajstić information content (AvgIpc) is 2.79. The van der Waals surface area contributed by atoms with E-state index in [1.54, 1.807) is 36.9 Å².